The van der Waals surface area contributed by atoms with Crippen molar-refractivity contribution in [1.82, 2.24) is 0 Å². The highest BCUT2D eigenvalue weighted by atomic mass is 16.5. The fourth-order valence-corrected chi connectivity index (χ4v) is 1.35. The summed E-state index contributed by atoms with van der Waals surface area (Å²) in [5.41, 5.74) is 4.54. The second-order valence-electron chi connectivity index (χ2n) is 3.36. The van der Waals surface area contributed by atoms with Crippen LogP contribution in [0.25, 0.3) is 0 Å². The Balaban J connectivity index is 2.67. The van der Waals surface area contributed by atoms with Crippen molar-refractivity contribution >= 4 is 5.97 Å². The van der Waals surface area contributed by atoms with Gasteiger partial charge in [-0.25, -0.2) is 0 Å². The van der Waals surface area contributed by atoms with Crippen molar-refractivity contribution in [3.8, 4) is 5.75 Å². The fourth-order valence-electron chi connectivity index (χ4n) is 1.35. The lowest BCUT2D eigenvalue weighted by Gasteiger charge is -2.13. The first-order valence-corrected chi connectivity index (χ1v) is 4.80. The van der Waals surface area contributed by atoms with Gasteiger partial charge in [0.1, 0.15) is 5.75 Å². The number of quaternary nitrogens is 1. The number of carbonyl (C=O) groups excluding carboxylic acids is 1. The Morgan fingerprint density at radius 1 is 1.47 bits per heavy atom. The lowest BCUT2D eigenvalue weighted by Crippen LogP contribution is -2.57. The zero-order valence-corrected chi connectivity index (χ0v) is 8.73. The van der Waals surface area contributed by atoms with Crippen LogP contribution in [0, 0.1) is 5.92 Å². The SMILES string of the molecule is COc1ccc(C[C@H](C[NH3+])C(=O)[O-])cc1. The van der Waals surface area contributed by atoms with Crippen LogP contribution >= 0.6 is 0 Å². The van der Waals surface area contributed by atoms with Crippen molar-refractivity contribution in [1.29, 1.82) is 0 Å². The maximum Gasteiger partial charge on any atom is 0.118 e. The van der Waals surface area contributed by atoms with E-state index in [0.717, 1.165) is 11.3 Å². The van der Waals surface area contributed by atoms with E-state index in [1.54, 1.807) is 7.11 Å². The summed E-state index contributed by atoms with van der Waals surface area (Å²) < 4.78 is 5.01. The molecular weight excluding hydrogens is 194 g/mol. The minimum Gasteiger partial charge on any atom is -0.550 e. The second-order valence-corrected chi connectivity index (χ2v) is 3.36. The quantitative estimate of drug-likeness (QED) is 0.665. The molecule has 0 radical (unpaired) electrons. The molecule has 0 bridgehead atoms. The lowest BCUT2D eigenvalue weighted by atomic mass is 10.00. The van der Waals surface area contributed by atoms with Crippen molar-refractivity contribution in [3.05, 3.63) is 29.8 Å². The lowest BCUT2D eigenvalue weighted by molar-refractivity contribution is -0.387. The molecule has 15 heavy (non-hydrogen) atoms. The molecule has 1 rings (SSSR count). The van der Waals surface area contributed by atoms with Crippen molar-refractivity contribution < 1.29 is 20.4 Å². The molecule has 1 atom stereocenters. The molecule has 0 unspecified atom stereocenters. The first-order valence-electron chi connectivity index (χ1n) is 4.80. The molecule has 0 saturated carbocycles. The van der Waals surface area contributed by atoms with Gasteiger partial charge in [-0.15, -0.1) is 0 Å². The number of methoxy groups -OCH3 is 1. The minimum absolute atomic E-state index is 0.342. The molecule has 0 amide bonds. The van der Waals surface area contributed by atoms with Gasteiger partial charge >= 0.3 is 0 Å². The normalized spacial score (nSPS) is 12.1. The fraction of sp³-hybridized carbons (Fsp3) is 0.364. The first kappa shape index (κ1) is 11.5. The number of benzene rings is 1. The third kappa shape index (κ3) is 3.25. The van der Waals surface area contributed by atoms with Gasteiger partial charge in [-0.05, 0) is 24.1 Å². The molecule has 1 aromatic carbocycles. The average molecular weight is 209 g/mol. The number of carbonyl (C=O) groups is 1. The zero-order chi connectivity index (χ0) is 11.3. The Bertz CT molecular complexity index is 321. The van der Waals surface area contributed by atoms with E-state index in [-0.39, 0.29) is 0 Å². The number of hydrogen-bond acceptors (Lipinski definition) is 3. The van der Waals surface area contributed by atoms with Gasteiger partial charge < -0.3 is 20.4 Å². The van der Waals surface area contributed by atoms with Crippen LogP contribution in [0.4, 0.5) is 0 Å². The molecule has 82 valence electrons. The molecule has 1 aromatic rings. The highest BCUT2D eigenvalue weighted by molar-refractivity contribution is 5.68. The molecule has 3 N–H and O–H groups in total. The van der Waals surface area contributed by atoms with E-state index in [9.17, 15) is 9.90 Å². The van der Waals surface area contributed by atoms with E-state index < -0.39 is 11.9 Å². The number of rotatable bonds is 5. The summed E-state index contributed by atoms with van der Waals surface area (Å²) in [5.74, 6) is -0.794. The van der Waals surface area contributed by atoms with Gasteiger partial charge in [0.2, 0.25) is 0 Å². The molecule has 0 aromatic heterocycles. The number of aliphatic carboxylic acids is 1. The van der Waals surface area contributed by atoms with Crippen LogP contribution in [-0.4, -0.2) is 19.6 Å². The van der Waals surface area contributed by atoms with Crippen LogP contribution in [0.2, 0.25) is 0 Å². The summed E-state index contributed by atoms with van der Waals surface area (Å²) in [6.45, 7) is 0.342. The highest BCUT2D eigenvalue weighted by Gasteiger charge is 2.10. The third-order valence-electron chi connectivity index (χ3n) is 2.32. The van der Waals surface area contributed by atoms with Gasteiger partial charge in [0.15, 0.2) is 0 Å². The topological polar surface area (TPSA) is 77.0 Å². The monoisotopic (exact) mass is 209 g/mol. The number of carboxylic acids is 1. The first-order chi connectivity index (χ1) is 7.17. The van der Waals surface area contributed by atoms with E-state index >= 15 is 0 Å². The van der Waals surface area contributed by atoms with E-state index in [4.69, 9.17) is 4.74 Å². The predicted octanol–water partition coefficient (Wildman–Crippen LogP) is -1.15. The van der Waals surface area contributed by atoms with Crippen molar-refractivity contribution in [3.63, 3.8) is 0 Å². The molecule has 0 spiro atoms. The van der Waals surface area contributed by atoms with Crippen LogP contribution < -0.4 is 15.6 Å². The van der Waals surface area contributed by atoms with E-state index in [2.05, 4.69) is 5.73 Å². The Morgan fingerprint density at radius 3 is 2.47 bits per heavy atom. The molecule has 0 aliphatic carbocycles. The van der Waals surface area contributed by atoms with Crippen LogP contribution in [0.15, 0.2) is 24.3 Å². The van der Waals surface area contributed by atoms with Gasteiger partial charge in [0.25, 0.3) is 0 Å². The standard InChI is InChI=1S/C11H15NO3/c1-15-10-4-2-8(3-5-10)6-9(7-12)11(13)14/h2-5,9H,6-7,12H2,1H3,(H,13,14)/t9-/m1/s1. The molecule has 0 heterocycles. The number of hydrogen-bond donors (Lipinski definition) is 1. The van der Waals surface area contributed by atoms with Gasteiger partial charge in [0, 0.05) is 0 Å². The van der Waals surface area contributed by atoms with Gasteiger partial charge in [-0.3, -0.25) is 0 Å². The van der Waals surface area contributed by atoms with Gasteiger partial charge in [0.05, 0.1) is 25.5 Å². The molecule has 0 aliphatic heterocycles. The van der Waals surface area contributed by atoms with E-state index in [1.807, 2.05) is 24.3 Å². The summed E-state index contributed by atoms with van der Waals surface area (Å²) in [5, 5.41) is 10.7. The average Bonchev–Trinajstić information content (AvgIpc) is 2.26. The summed E-state index contributed by atoms with van der Waals surface area (Å²) >= 11 is 0. The van der Waals surface area contributed by atoms with Gasteiger partial charge in [-0.1, -0.05) is 12.1 Å². The zero-order valence-electron chi connectivity index (χ0n) is 8.73. The van der Waals surface area contributed by atoms with Crippen molar-refractivity contribution in [2.45, 2.75) is 6.42 Å². The smallest absolute Gasteiger partial charge is 0.118 e. The second kappa shape index (κ2) is 5.36. The summed E-state index contributed by atoms with van der Waals surface area (Å²) in [7, 11) is 1.59. The molecule has 0 saturated heterocycles. The van der Waals surface area contributed by atoms with E-state index in [0.29, 0.717) is 13.0 Å². The Hall–Kier alpha value is -1.55. The van der Waals surface area contributed by atoms with Crippen molar-refractivity contribution in [2.24, 2.45) is 5.92 Å². The minimum atomic E-state index is -1.04. The predicted molar refractivity (Wildman–Crippen MR) is 53.0 cm³/mol. The summed E-state index contributed by atoms with van der Waals surface area (Å²) in [6.07, 6.45) is 0.454. The number of carboxylic acid groups (broad SMARTS) is 1. The Labute approximate surface area is 88.7 Å². The highest BCUT2D eigenvalue weighted by Crippen LogP contribution is 2.13. The molecule has 0 fully saturated rings. The van der Waals surface area contributed by atoms with Gasteiger partial charge in [-0.2, -0.15) is 0 Å². The Morgan fingerprint density at radius 2 is 2.07 bits per heavy atom. The van der Waals surface area contributed by atoms with E-state index in [1.165, 1.54) is 0 Å². The summed E-state index contributed by atoms with van der Waals surface area (Å²) in [4.78, 5) is 10.7. The maximum atomic E-state index is 10.7. The molecule has 4 nitrogen and oxygen atoms in total. The largest absolute Gasteiger partial charge is 0.550 e. The Kier molecular flexibility index (Phi) is 4.12. The number of ether oxygens (including phenoxy) is 1. The van der Waals surface area contributed by atoms with Crippen LogP contribution in [0.3, 0.4) is 0 Å². The maximum absolute atomic E-state index is 10.7. The van der Waals surface area contributed by atoms with Crippen LogP contribution in [-0.2, 0) is 11.2 Å². The molecule has 4 heteroatoms. The van der Waals surface area contributed by atoms with Crippen LogP contribution in [0.1, 0.15) is 5.56 Å². The van der Waals surface area contributed by atoms with Crippen LogP contribution in [0.5, 0.6) is 5.75 Å². The molecular formula is C11H15NO3. The third-order valence-corrected chi connectivity index (χ3v) is 2.32. The molecule has 0 aliphatic rings. The summed E-state index contributed by atoms with van der Waals surface area (Å²) in [6, 6.07) is 7.32. The van der Waals surface area contributed by atoms with Crippen molar-refractivity contribution in [2.75, 3.05) is 13.7 Å².